The third-order valence-electron chi connectivity index (χ3n) is 5.03. The van der Waals surface area contributed by atoms with Crippen molar-refractivity contribution in [3.05, 3.63) is 121 Å². The first-order valence-electron chi connectivity index (χ1n) is 12.9. The van der Waals surface area contributed by atoms with Gasteiger partial charge >= 0.3 is 20.4 Å². The van der Waals surface area contributed by atoms with E-state index >= 15 is 0 Å². The predicted molar refractivity (Wildman–Crippen MR) is 155 cm³/mol. The van der Waals surface area contributed by atoms with Crippen LogP contribution in [0.1, 0.15) is 20.3 Å². The van der Waals surface area contributed by atoms with Gasteiger partial charge in [-0.25, -0.2) is 37.3 Å². The molecule has 46 heavy (non-hydrogen) atoms. The number of hydrogen-bond donors (Lipinski definition) is 0. The van der Waals surface area contributed by atoms with Crippen molar-refractivity contribution in [1.82, 2.24) is 0 Å². The van der Waals surface area contributed by atoms with E-state index in [0.717, 1.165) is 0 Å². The summed E-state index contributed by atoms with van der Waals surface area (Å²) in [5.41, 5.74) is 0. The molecular formula is C31H32Cl2N2O8P2Pd. The maximum absolute atomic E-state index is 8.49. The van der Waals surface area contributed by atoms with Crippen LogP contribution in [-0.4, -0.2) is 12.3 Å². The van der Waals surface area contributed by atoms with Crippen LogP contribution in [0.25, 0.3) is 0 Å². The Morgan fingerprint density at radius 2 is 0.609 bits per heavy atom. The van der Waals surface area contributed by atoms with E-state index in [1.54, 1.807) is 12.1 Å². The molecule has 4 aromatic carbocycles. The molecule has 15 heteroatoms. The SMILES string of the molecule is CC#N.CC#N.[O-][Cl+3]([O-])([O-])[O-].[O-][Cl+3]([O-])([O-])[O-].[Pd+2].c1ccc(P(CCCP(c2ccccc2)c2ccccc2)c2ccccc2)cc1. The minimum Gasteiger partial charge on any atom is -0.222 e. The minimum atomic E-state index is -4.94. The Bertz CT molecular complexity index is 1180. The van der Waals surface area contributed by atoms with Crippen molar-refractivity contribution >= 4 is 37.1 Å². The molecule has 0 aliphatic rings. The van der Waals surface area contributed by atoms with Crippen molar-refractivity contribution in [3.63, 3.8) is 0 Å². The zero-order valence-electron chi connectivity index (χ0n) is 24.8. The molecular weight excluding hydrogens is 768 g/mol. The van der Waals surface area contributed by atoms with Crippen molar-refractivity contribution in [2.24, 2.45) is 0 Å². The summed E-state index contributed by atoms with van der Waals surface area (Å²) in [4.78, 5) is 0. The van der Waals surface area contributed by atoms with Crippen LogP contribution in [-0.2, 0) is 20.4 Å². The average molecular weight is 800 g/mol. The van der Waals surface area contributed by atoms with Crippen LogP contribution in [0.4, 0.5) is 0 Å². The fourth-order valence-electron chi connectivity index (χ4n) is 3.63. The Morgan fingerprint density at radius 1 is 0.457 bits per heavy atom. The Balaban J connectivity index is 0. The second kappa shape index (κ2) is 26.7. The third-order valence-corrected chi connectivity index (χ3v) is 10.2. The summed E-state index contributed by atoms with van der Waals surface area (Å²) in [6.45, 7) is 2.86. The molecule has 0 saturated carbocycles. The van der Waals surface area contributed by atoms with Gasteiger partial charge in [0, 0.05) is 13.8 Å². The van der Waals surface area contributed by atoms with E-state index in [-0.39, 0.29) is 36.3 Å². The minimum absolute atomic E-state index is 0. The number of nitrogens with zero attached hydrogens (tertiary/aromatic N) is 2. The molecule has 4 rings (SSSR count). The molecule has 0 amide bonds. The normalized spacial score (nSPS) is 9.96. The molecule has 0 aliphatic carbocycles. The van der Waals surface area contributed by atoms with E-state index in [9.17, 15) is 0 Å². The van der Waals surface area contributed by atoms with Gasteiger partial charge in [0.2, 0.25) is 0 Å². The molecule has 0 aliphatic heterocycles. The van der Waals surface area contributed by atoms with Gasteiger partial charge in [0.25, 0.3) is 0 Å². The average Bonchev–Trinajstić information content (AvgIpc) is 2.98. The summed E-state index contributed by atoms with van der Waals surface area (Å²) in [5, 5.41) is 20.6. The third kappa shape index (κ3) is 25.8. The van der Waals surface area contributed by atoms with Crippen LogP contribution in [0.15, 0.2) is 121 Å². The van der Waals surface area contributed by atoms with Gasteiger partial charge in [-0.3, -0.25) is 0 Å². The van der Waals surface area contributed by atoms with E-state index < -0.39 is 20.5 Å². The summed E-state index contributed by atoms with van der Waals surface area (Å²) >= 11 is 0. The summed E-state index contributed by atoms with van der Waals surface area (Å²) < 4.78 is 67.9. The van der Waals surface area contributed by atoms with Crippen LogP contribution < -0.4 is 58.5 Å². The Morgan fingerprint density at radius 3 is 0.761 bits per heavy atom. The van der Waals surface area contributed by atoms with Crippen LogP contribution in [0.3, 0.4) is 0 Å². The fourth-order valence-corrected chi connectivity index (χ4v) is 8.59. The van der Waals surface area contributed by atoms with Crippen molar-refractivity contribution < 1.29 is 78.2 Å². The molecule has 0 bridgehead atoms. The van der Waals surface area contributed by atoms with Gasteiger partial charge in [-0.15, -0.1) is 20.5 Å². The molecule has 0 saturated heterocycles. The molecule has 0 atom stereocenters. The van der Waals surface area contributed by atoms with E-state index in [0.29, 0.717) is 0 Å². The fraction of sp³-hybridized carbons (Fsp3) is 0.161. The van der Waals surface area contributed by atoms with E-state index in [2.05, 4.69) is 121 Å². The van der Waals surface area contributed by atoms with Gasteiger partial charge in [-0.05, 0) is 55.8 Å². The van der Waals surface area contributed by atoms with Crippen LogP contribution >= 0.6 is 15.8 Å². The smallest absolute Gasteiger partial charge is 0.222 e. The van der Waals surface area contributed by atoms with Crippen LogP contribution in [0.5, 0.6) is 0 Å². The van der Waals surface area contributed by atoms with Crippen molar-refractivity contribution in [2.75, 3.05) is 12.3 Å². The van der Waals surface area contributed by atoms with Gasteiger partial charge < -0.3 is 0 Å². The van der Waals surface area contributed by atoms with E-state index in [1.165, 1.54) is 53.8 Å². The van der Waals surface area contributed by atoms with E-state index in [4.69, 9.17) is 47.8 Å². The van der Waals surface area contributed by atoms with E-state index in [1.807, 2.05) is 0 Å². The predicted octanol–water partition coefficient (Wildman–Crippen LogP) is -2.81. The molecule has 0 heterocycles. The summed E-state index contributed by atoms with van der Waals surface area (Å²) in [6.07, 6.45) is 3.72. The molecule has 0 N–H and O–H groups in total. The summed E-state index contributed by atoms with van der Waals surface area (Å²) in [5.74, 6) is 0. The first-order valence-corrected chi connectivity index (χ1v) is 18.4. The van der Waals surface area contributed by atoms with Gasteiger partial charge in [0.1, 0.15) is 0 Å². The Labute approximate surface area is 290 Å². The number of hydrogen-bond acceptors (Lipinski definition) is 10. The van der Waals surface area contributed by atoms with Gasteiger partial charge in [-0.1, -0.05) is 121 Å². The second-order valence-electron chi connectivity index (χ2n) is 8.20. The number of rotatable bonds is 8. The van der Waals surface area contributed by atoms with Crippen molar-refractivity contribution in [1.29, 1.82) is 10.5 Å². The Hall–Kier alpha value is -2.36. The van der Waals surface area contributed by atoms with Gasteiger partial charge in [0.15, 0.2) is 0 Å². The zero-order valence-corrected chi connectivity index (χ0v) is 29.7. The van der Waals surface area contributed by atoms with Crippen LogP contribution in [0.2, 0.25) is 0 Å². The molecule has 0 unspecified atom stereocenters. The summed E-state index contributed by atoms with van der Waals surface area (Å²) in [7, 11) is -10.5. The van der Waals surface area contributed by atoms with Crippen LogP contribution in [0, 0.1) is 43.1 Å². The van der Waals surface area contributed by atoms with Crippen molar-refractivity contribution in [3.8, 4) is 12.1 Å². The number of nitriles is 2. The number of halogens is 2. The van der Waals surface area contributed by atoms with Crippen molar-refractivity contribution in [2.45, 2.75) is 20.3 Å². The molecule has 4 aromatic rings. The quantitative estimate of drug-likeness (QED) is 0.131. The van der Waals surface area contributed by atoms with Gasteiger partial charge in [0.05, 0.1) is 12.1 Å². The maximum Gasteiger partial charge on any atom is 2.00 e. The summed E-state index contributed by atoms with van der Waals surface area (Å²) in [6, 6.07) is 47.8. The molecule has 0 fully saturated rings. The molecule has 0 spiro atoms. The Kier molecular flexibility index (Phi) is 26.5. The maximum atomic E-state index is 8.49. The first-order chi connectivity index (χ1) is 21.2. The molecule has 0 aromatic heterocycles. The standard InChI is InChI=1S/C27H26P2.2C2H3N.2ClHO4.Pd/c1-5-14-24(15-6-1)28(25-16-7-2-8-17-25)22-13-23-29(26-18-9-3-10-19-26)27-20-11-4-12-21-27;2*1-2-3;2*2-1(3,4)5;/h1-12,14-21H,13,22-23H2;2*1H3;2*(H,2,3,4,5);/q;;;;;+2/p-2. The molecule has 0 radical (unpaired) electrons. The largest absolute Gasteiger partial charge is 2.00 e. The number of benzene rings is 4. The zero-order chi connectivity index (χ0) is 34.1. The topological polar surface area (TPSA) is 232 Å². The molecule has 10 nitrogen and oxygen atoms in total. The first kappa shape index (κ1) is 45.8. The van der Waals surface area contributed by atoms with Gasteiger partial charge in [-0.2, -0.15) is 10.5 Å². The second-order valence-corrected chi connectivity index (χ2v) is 14.4. The monoisotopic (exact) mass is 798 g/mol. The molecule has 248 valence electrons.